The highest BCUT2D eigenvalue weighted by atomic mass is 35.5. The third-order valence-corrected chi connectivity index (χ3v) is 3.57. The maximum Gasteiger partial charge on any atom is 0.124 e. The lowest BCUT2D eigenvalue weighted by atomic mass is 9.97. The minimum absolute atomic E-state index is 0.267. The van der Waals surface area contributed by atoms with Crippen LogP contribution in [0, 0.1) is 11.7 Å². The maximum atomic E-state index is 13.0. The molecular weight excluding hydrogens is 261 g/mol. The first-order valence-electron chi connectivity index (χ1n) is 7.20. The van der Waals surface area contributed by atoms with Gasteiger partial charge in [-0.1, -0.05) is 38.4 Å². The van der Waals surface area contributed by atoms with Gasteiger partial charge < -0.3 is 5.32 Å². The van der Waals surface area contributed by atoms with E-state index in [1.54, 1.807) is 6.07 Å². The van der Waals surface area contributed by atoms with Crippen LogP contribution in [-0.4, -0.2) is 12.6 Å². The molecule has 0 heterocycles. The number of aryl methyl sites for hydroxylation is 1. The fourth-order valence-corrected chi connectivity index (χ4v) is 2.54. The Labute approximate surface area is 121 Å². The Balaban J connectivity index is 2.54. The zero-order valence-corrected chi connectivity index (χ0v) is 12.9. The summed E-state index contributed by atoms with van der Waals surface area (Å²) in [6, 6.07) is 5.19. The summed E-state index contributed by atoms with van der Waals surface area (Å²) in [6.07, 6.45) is 4.25. The maximum absolute atomic E-state index is 13.0. The van der Waals surface area contributed by atoms with Gasteiger partial charge in [0.2, 0.25) is 0 Å². The van der Waals surface area contributed by atoms with Gasteiger partial charge in [-0.05, 0) is 55.8 Å². The first-order valence-corrected chi connectivity index (χ1v) is 7.58. The Hall–Kier alpha value is -0.600. The van der Waals surface area contributed by atoms with E-state index in [1.165, 1.54) is 18.6 Å². The van der Waals surface area contributed by atoms with Gasteiger partial charge in [-0.15, -0.1) is 0 Å². The van der Waals surface area contributed by atoms with Gasteiger partial charge in [0.25, 0.3) is 0 Å². The number of hydrogen-bond acceptors (Lipinski definition) is 1. The first-order chi connectivity index (χ1) is 9.02. The second-order valence-electron chi connectivity index (χ2n) is 5.56. The SMILES string of the molecule is CCCNC(CCc1ccc(F)cc1Cl)CC(C)C. The summed E-state index contributed by atoms with van der Waals surface area (Å²) in [5.74, 6) is 0.412. The molecule has 1 rings (SSSR count). The molecule has 19 heavy (non-hydrogen) atoms. The normalized spacial score (nSPS) is 12.9. The van der Waals surface area contributed by atoms with Crippen LogP contribution in [0.25, 0.3) is 0 Å². The molecule has 0 aliphatic rings. The smallest absolute Gasteiger partial charge is 0.124 e. The topological polar surface area (TPSA) is 12.0 Å². The van der Waals surface area contributed by atoms with Crippen molar-refractivity contribution in [3.05, 3.63) is 34.6 Å². The van der Waals surface area contributed by atoms with Crippen molar-refractivity contribution in [2.75, 3.05) is 6.54 Å². The third-order valence-electron chi connectivity index (χ3n) is 3.22. The molecule has 108 valence electrons. The molecule has 1 aromatic rings. The van der Waals surface area contributed by atoms with Crippen LogP contribution >= 0.6 is 11.6 Å². The largest absolute Gasteiger partial charge is 0.314 e. The van der Waals surface area contributed by atoms with Crippen LogP contribution in [0.4, 0.5) is 4.39 Å². The van der Waals surface area contributed by atoms with Crippen LogP contribution in [0.2, 0.25) is 5.02 Å². The highest BCUT2D eigenvalue weighted by Crippen LogP contribution is 2.20. The zero-order chi connectivity index (χ0) is 14.3. The van der Waals surface area contributed by atoms with Gasteiger partial charge in [-0.2, -0.15) is 0 Å². The molecule has 1 nitrogen and oxygen atoms in total. The van der Waals surface area contributed by atoms with Gasteiger partial charge in [-0.25, -0.2) is 4.39 Å². The van der Waals surface area contributed by atoms with Crippen LogP contribution in [-0.2, 0) is 6.42 Å². The number of halogens is 2. The molecule has 1 unspecified atom stereocenters. The van der Waals surface area contributed by atoms with Crippen molar-refractivity contribution in [3.63, 3.8) is 0 Å². The number of nitrogens with one attached hydrogen (secondary N) is 1. The van der Waals surface area contributed by atoms with E-state index < -0.39 is 0 Å². The molecule has 0 spiro atoms. The number of hydrogen-bond donors (Lipinski definition) is 1. The second-order valence-corrected chi connectivity index (χ2v) is 5.96. The first kappa shape index (κ1) is 16.5. The van der Waals surface area contributed by atoms with Crippen molar-refractivity contribution in [3.8, 4) is 0 Å². The predicted octanol–water partition coefficient (Wildman–Crippen LogP) is 4.83. The summed E-state index contributed by atoms with van der Waals surface area (Å²) in [6.45, 7) is 7.71. The number of benzene rings is 1. The Morgan fingerprint density at radius 1 is 1.32 bits per heavy atom. The molecular formula is C16H25ClFN. The summed E-state index contributed by atoms with van der Waals surface area (Å²) in [5.41, 5.74) is 1.04. The zero-order valence-electron chi connectivity index (χ0n) is 12.2. The van der Waals surface area contributed by atoms with Crippen molar-refractivity contribution in [2.45, 2.75) is 52.5 Å². The quantitative estimate of drug-likeness (QED) is 0.722. The standard InChI is InChI=1S/C16H25ClFN/c1-4-9-19-15(10-12(2)3)8-6-13-5-7-14(18)11-16(13)17/h5,7,11-12,15,19H,4,6,8-10H2,1-3H3. The lowest BCUT2D eigenvalue weighted by molar-refractivity contribution is 0.398. The van der Waals surface area contributed by atoms with E-state index in [-0.39, 0.29) is 5.82 Å². The fraction of sp³-hybridized carbons (Fsp3) is 0.625. The summed E-state index contributed by atoms with van der Waals surface area (Å²) in [7, 11) is 0. The minimum atomic E-state index is -0.267. The van der Waals surface area contributed by atoms with E-state index in [9.17, 15) is 4.39 Å². The molecule has 0 saturated carbocycles. The Morgan fingerprint density at radius 2 is 2.05 bits per heavy atom. The summed E-state index contributed by atoms with van der Waals surface area (Å²) >= 11 is 6.06. The fourth-order valence-electron chi connectivity index (χ4n) is 2.27. The van der Waals surface area contributed by atoms with E-state index >= 15 is 0 Å². The molecule has 0 aliphatic heterocycles. The summed E-state index contributed by atoms with van der Waals surface area (Å²) in [5, 5.41) is 4.13. The van der Waals surface area contributed by atoms with Crippen LogP contribution < -0.4 is 5.32 Å². The molecule has 1 aromatic carbocycles. The predicted molar refractivity (Wildman–Crippen MR) is 81.3 cm³/mol. The molecule has 3 heteroatoms. The molecule has 0 bridgehead atoms. The third kappa shape index (κ3) is 6.40. The van der Waals surface area contributed by atoms with Gasteiger partial charge in [0.1, 0.15) is 5.82 Å². The summed E-state index contributed by atoms with van der Waals surface area (Å²) in [4.78, 5) is 0. The van der Waals surface area contributed by atoms with E-state index in [2.05, 4.69) is 26.1 Å². The molecule has 0 fully saturated rings. The summed E-state index contributed by atoms with van der Waals surface area (Å²) < 4.78 is 13.0. The van der Waals surface area contributed by atoms with Gasteiger partial charge in [-0.3, -0.25) is 0 Å². The van der Waals surface area contributed by atoms with Crippen molar-refractivity contribution >= 4 is 11.6 Å². The molecule has 0 radical (unpaired) electrons. The van der Waals surface area contributed by atoms with Crippen molar-refractivity contribution < 1.29 is 4.39 Å². The van der Waals surface area contributed by atoms with E-state index in [1.807, 2.05) is 0 Å². The second kappa shape index (κ2) is 8.55. The lowest BCUT2D eigenvalue weighted by Gasteiger charge is -2.20. The Kier molecular flexibility index (Phi) is 7.40. The average Bonchev–Trinajstić information content (AvgIpc) is 2.33. The highest BCUT2D eigenvalue weighted by molar-refractivity contribution is 6.31. The van der Waals surface area contributed by atoms with E-state index in [0.29, 0.717) is 17.0 Å². The molecule has 0 amide bonds. The molecule has 1 N–H and O–H groups in total. The highest BCUT2D eigenvalue weighted by Gasteiger charge is 2.11. The lowest BCUT2D eigenvalue weighted by Crippen LogP contribution is -2.31. The molecule has 0 aliphatic carbocycles. The van der Waals surface area contributed by atoms with Gasteiger partial charge >= 0.3 is 0 Å². The van der Waals surface area contributed by atoms with Crippen LogP contribution in [0.1, 0.15) is 45.6 Å². The monoisotopic (exact) mass is 285 g/mol. The molecule has 1 atom stereocenters. The van der Waals surface area contributed by atoms with E-state index in [0.717, 1.165) is 31.4 Å². The Bertz CT molecular complexity index is 379. The van der Waals surface area contributed by atoms with Crippen LogP contribution in [0.3, 0.4) is 0 Å². The van der Waals surface area contributed by atoms with Gasteiger partial charge in [0.15, 0.2) is 0 Å². The van der Waals surface area contributed by atoms with Crippen molar-refractivity contribution in [1.29, 1.82) is 0 Å². The molecule has 0 aromatic heterocycles. The van der Waals surface area contributed by atoms with E-state index in [4.69, 9.17) is 11.6 Å². The number of rotatable bonds is 8. The van der Waals surface area contributed by atoms with Crippen LogP contribution in [0.5, 0.6) is 0 Å². The minimum Gasteiger partial charge on any atom is -0.314 e. The van der Waals surface area contributed by atoms with Crippen molar-refractivity contribution in [2.24, 2.45) is 5.92 Å². The van der Waals surface area contributed by atoms with Crippen molar-refractivity contribution in [1.82, 2.24) is 5.32 Å². The van der Waals surface area contributed by atoms with Gasteiger partial charge in [0, 0.05) is 11.1 Å². The van der Waals surface area contributed by atoms with Crippen LogP contribution in [0.15, 0.2) is 18.2 Å². The molecule has 0 saturated heterocycles. The average molecular weight is 286 g/mol. The Morgan fingerprint density at radius 3 is 2.63 bits per heavy atom. The van der Waals surface area contributed by atoms with Gasteiger partial charge in [0.05, 0.1) is 0 Å².